The zero-order valence-electron chi connectivity index (χ0n) is 31.5. The molecule has 6 nitrogen and oxygen atoms in total. The van der Waals surface area contributed by atoms with E-state index < -0.39 is 6.10 Å². The molecule has 0 aromatic carbocycles. The van der Waals surface area contributed by atoms with Gasteiger partial charge < -0.3 is 14.6 Å². The van der Waals surface area contributed by atoms with E-state index in [0.29, 0.717) is 19.3 Å². The highest BCUT2D eigenvalue weighted by atomic mass is 16.6. The van der Waals surface area contributed by atoms with E-state index in [0.717, 1.165) is 77.0 Å². The first-order valence-corrected chi connectivity index (χ1v) is 20.3. The predicted octanol–water partition coefficient (Wildman–Crippen LogP) is 11.9. The Hall–Kier alpha value is -1.95. The van der Waals surface area contributed by atoms with Crippen LogP contribution in [0.2, 0.25) is 0 Å². The van der Waals surface area contributed by atoms with Gasteiger partial charge in [-0.25, -0.2) is 0 Å². The van der Waals surface area contributed by atoms with E-state index in [1.54, 1.807) is 6.08 Å². The minimum atomic E-state index is -0.797. The number of hydrogen-bond donors (Lipinski definition) is 1. The van der Waals surface area contributed by atoms with Crippen LogP contribution in [0.5, 0.6) is 0 Å². The molecule has 6 heteroatoms. The Bertz CT molecular complexity index is 789. The number of esters is 2. The Morgan fingerprint density at radius 1 is 0.521 bits per heavy atom. The second kappa shape index (κ2) is 37.9. The van der Waals surface area contributed by atoms with E-state index >= 15 is 0 Å². The second-order valence-corrected chi connectivity index (χ2v) is 13.8. The molecule has 0 aromatic heterocycles. The summed E-state index contributed by atoms with van der Waals surface area (Å²) < 4.78 is 10.6. The van der Waals surface area contributed by atoms with Crippen LogP contribution in [-0.2, 0) is 23.9 Å². The van der Waals surface area contributed by atoms with Crippen LogP contribution in [-0.4, -0.2) is 42.1 Å². The molecule has 0 aliphatic rings. The third-order valence-corrected chi connectivity index (χ3v) is 8.97. The van der Waals surface area contributed by atoms with E-state index in [2.05, 4.69) is 19.9 Å². The van der Waals surface area contributed by atoms with E-state index in [9.17, 15) is 19.5 Å². The van der Waals surface area contributed by atoms with Crippen molar-refractivity contribution in [1.82, 2.24) is 0 Å². The molecule has 0 aliphatic carbocycles. The predicted molar refractivity (Wildman–Crippen MR) is 201 cm³/mol. The quantitative estimate of drug-likeness (QED) is 0.0305. The van der Waals surface area contributed by atoms with Crippen LogP contribution in [0.3, 0.4) is 0 Å². The molecule has 280 valence electrons. The average molecular weight is 677 g/mol. The van der Waals surface area contributed by atoms with Crippen molar-refractivity contribution in [3.8, 4) is 0 Å². The fourth-order valence-electron chi connectivity index (χ4n) is 5.83. The fraction of sp³-hybridized carbons (Fsp3) is 0.833. The summed E-state index contributed by atoms with van der Waals surface area (Å²) in [5, 5.41) is 9.55. The van der Waals surface area contributed by atoms with Crippen LogP contribution in [0.4, 0.5) is 0 Å². The molecule has 1 atom stereocenters. The molecule has 0 aromatic rings. The number of rotatable bonds is 37. The normalized spacial score (nSPS) is 12.2. The smallest absolute Gasteiger partial charge is 0.306 e. The van der Waals surface area contributed by atoms with E-state index in [1.807, 2.05) is 12.2 Å². The Balaban J connectivity index is 3.58. The van der Waals surface area contributed by atoms with Gasteiger partial charge >= 0.3 is 11.9 Å². The topological polar surface area (TPSA) is 89.9 Å². The molecule has 0 rings (SSSR count). The van der Waals surface area contributed by atoms with Crippen LogP contribution >= 0.6 is 0 Å². The summed E-state index contributed by atoms with van der Waals surface area (Å²) in [7, 11) is 0. The van der Waals surface area contributed by atoms with Crippen LogP contribution in [0.15, 0.2) is 24.3 Å². The SMILES string of the molecule is CCCCCCCCCCCCCCCCCCCCC(=O)OC[C@H](CO)OC(=O)CCCCCCC/C=C\C=C\C(=O)CCCCC. The first kappa shape index (κ1) is 46.0. The van der Waals surface area contributed by atoms with Crippen molar-refractivity contribution in [1.29, 1.82) is 0 Å². The summed E-state index contributed by atoms with van der Waals surface area (Å²) in [5.41, 5.74) is 0. The molecule has 0 unspecified atom stereocenters. The molecule has 0 amide bonds. The van der Waals surface area contributed by atoms with Gasteiger partial charge in [-0.05, 0) is 38.2 Å². The Labute approximate surface area is 296 Å². The van der Waals surface area contributed by atoms with Crippen molar-refractivity contribution < 1.29 is 29.0 Å². The number of aliphatic hydroxyl groups excluding tert-OH is 1. The molecule has 0 saturated carbocycles. The van der Waals surface area contributed by atoms with E-state index in [-0.39, 0.29) is 30.9 Å². The zero-order valence-corrected chi connectivity index (χ0v) is 31.5. The molecule has 0 heterocycles. The highest BCUT2D eigenvalue weighted by Crippen LogP contribution is 2.15. The monoisotopic (exact) mass is 677 g/mol. The lowest BCUT2D eigenvalue weighted by Crippen LogP contribution is -2.28. The number of carbonyl (C=O) groups excluding carboxylic acids is 3. The molecule has 0 saturated heterocycles. The van der Waals surface area contributed by atoms with Gasteiger partial charge in [0.05, 0.1) is 6.61 Å². The number of unbranched alkanes of at least 4 members (excludes halogenated alkanes) is 24. The van der Waals surface area contributed by atoms with Crippen molar-refractivity contribution in [3.05, 3.63) is 24.3 Å². The first-order chi connectivity index (χ1) is 23.5. The lowest BCUT2D eigenvalue weighted by molar-refractivity contribution is -0.161. The summed E-state index contributed by atoms with van der Waals surface area (Å²) >= 11 is 0. The van der Waals surface area contributed by atoms with Crippen molar-refractivity contribution in [3.63, 3.8) is 0 Å². The lowest BCUT2D eigenvalue weighted by Gasteiger charge is -2.15. The third kappa shape index (κ3) is 35.4. The fourth-order valence-corrected chi connectivity index (χ4v) is 5.83. The van der Waals surface area contributed by atoms with Gasteiger partial charge in [0, 0.05) is 19.3 Å². The molecule has 0 radical (unpaired) electrons. The maximum Gasteiger partial charge on any atom is 0.306 e. The van der Waals surface area contributed by atoms with Crippen LogP contribution in [0.1, 0.15) is 206 Å². The lowest BCUT2D eigenvalue weighted by atomic mass is 10.0. The largest absolute Gasteiger partial charge is 0.462 e. The van der Waals surface area contributed by atoms with Crippen molar-refractivity contribution in [2.75, 3.05) is 13.2 Å². The number of carbonyl (C=O) groups is 3. The van der Waals surface area contributed by atoms with Crippen molar-refractivity contribution in [2.24, 2.45) is 0 Å². The van der Waals surface area contributed by atoms with E-state index in [1.165, 1.54) is 96.3 Å². The zero-order chi connectivity index (χ0) is 35.2. The standard InChI is InChI=1S/C42H76O6/c1-3-5-7-8-9-10-11-12-13-14-15-16-17-18-21-24-27-31-35-41(45)47-38-40(37-43)48-42(46)36-32-28-25-22-19-20-23-26-30-34-39(44)33-29-6-4-2/h23,26,30,34,40,43H,3-22,24-25,27-29,31-33,35-38H2,1-2H3/b26-23-,34-30+/t40-/m0/s1. The summed E-state index contributed by atoms with van der Waals surface area (Å²) in [4.78, 5) is 35.9. The molecule has 0 bridgehead atoms. The maximum absolute atomic E-state index is 12.2. The number of ketones is 1. The van der Waals surface area contributed by atoms with Gasteiger partial charge in [0.2, 0.25) is 0 Å². The van der Waals surface area contributed by atoms with Gasteiger partial charge in [-0.3, -0.25) is 14.4 Å². The van der Waals surface area contributed by atoms with Gasteiger partial charge in [-0.1, -0.05) is 173 Å². The number of aliphatic hydroxyl groups is 1. The van der Waals surface area contributed by atoms with Gasteiger partial charge in [0.25, 0.3) is 0 Å². The molecular weight excluding hydrogens is 600 g/mol. The van der Waals surface area contributed by atoms with Gasteiger partial charge in [-0.2, -0.15) is 0 Å². The van der Waals surface area contributed by atoms with Gasteiger partial charge in [0.1, 0.15) is 6.61 Å². The average Bonchev–Trinajstić information content (AvgIpc) is 3.08. The van der Waals surface area contributed by atoms with E-state index in [4.69, 9.17) is 9.47 Å². The number of allylic oxidation sites excluding steroid dienone is 4. The molecule has 0 fully saturated rings. The molecular formula is C42H76O6. The summed E-state index contributed by atoms with van der Waals surface area (Å²) in [6.45, 7) is 3.97. The van der Waals surface area contributed by atoms with Crippen LogP contribution in [0.25, 0.3) is 0 Å². The van der Waals surface area contributed by atoms with Crippen molar-refractivity contribution in [2.45, 2.75) is 213 Å². The molecule has 0 aliphatic heterocycles. The van der Waals surface area contributed by atoms with Gasteiger partial charge in [-0.15, -0.1) is 0 Å². The Morgan fingerprint density at radius 3 is 1.44 bits per heavy atom. The molecule has 1 N–H and O–H groups in total. The minimum absolute atomic E-state index is 0.0875. The third-order valence-electron chi connectivity index (χ3n) is 8.97. The molecule has 48 heavy (non-hydrogen) atoms. The van der Waals surface area contributed by atoms with Crippen LogP contribution < -0.4 is 0 Å². The number of hydrogen-bond acceptors (Lipinski definition) is 6. The highest BCUT2D eigenvalue weighted by Gasteiger charge is 2.16. The first-order valence-electron chi connectivity index (χ1n) is 20.3. The van der Waals surface area contributed by atoms with Crippen LogP contribution in [0, 0.1) is 0 Å². The van der Waals surface area contributed by atoms with Gasteiger partial charge in [0.15, 0.2) is 11.9 Å². The Morgan fingerprint density at radius 2 is 0.938 bits per heavy atom. The Kier molecular flexibility index (Phi) is 36.3. The molecule has 0 spiro atoms. The summed E-state index contributed by atoms with van der Waals surface area (Å²) in [6.07, 6.45) is 40.8. The summed E-state index contributed by atoms with van der Waals surface area (Å²) in [6, 6.07) is 0. The van der Waals surface area contributed by atoms with Crippen molar-refractivity contribution >= 4 is 17.7 Å². The second-order valence-electron chi connectivity index (χ2n) is 13.8. The maximum atomic E-state index is 12.2. The minimum Gasteiger partial charge on any atom is -0.462 e. The number of ether oxygens (including phenoxy) is 2. The summed E-state index contributed by atoms with van der Waals surface area (Å²) in [5.74, 6) is -0.445. The highest BCUT2D eigenvalue weighted by molar-refractivity contribution is 5.89.